The number of pyridine rings is 1. The van der Waals surface area contributed by atoms with Gasteiger partial charge >= 0.3 is 5.97 Å². The van der Waals surface area contributed by atoms with Crippen molar-refractivity contribution in [2.75, 3.05) is 5.32 Å². The number of hydrogen-bond donors (Lipinski definition) is 2. The fraction of sp³-hybridized carbons (Fsp3) is 0.0870. The Morgan fingerprint density at radius 3 is 2.59 bits per heavy atom. The molecule has 144 valence electrons. The summed E-state index contributed by atoms with van der Waals surface area (Å²) >= 11 is 0. The molecule has 0 atom stereocenters. The van der Waals surface area contributed by atoms with Gasteiger partial charge in [-0.15, -0.1) is 0 Å². The van der Waals surface area contributed by atoms with Gasteiger partial charge in [-0.2, -0.15) is 0 Å². The lowest BCUT2D eigenvalue weighted by Crippen LogP contribution is -2.15. The summed E-state index contributed by atoms with van der Waals surface area (Å²) in [6.07, 6.45) is 3.52. The zero-order valence-corrected chi connectivity index (χ0v) is 15.8. The van der Waals surface area contributed by atoms with Crippen molar-refractivity contribution in [3.63, 3.8) is 0 Å². The minimum absolute atomic E-state index is 0.0954. The topological polar surface area (TPSA) is 84.2 Å². The highest BCUT2D eigenvalue weighted by Gasteiger charge is 2.19. The molecule has 2 aromatic carbocycles. The SMILES string of the molecule is Cc1cccc(NC(=O)c2cn(Cc3ccccn3)c3ccccc23)c1C(=O)O. The van der Waals surface area contributed by atoms with Crippen LogP contribution in [0.15, 0.2) is 73.1 Å². The predicted octanol–water partition coefficient (Wildman–Crippen LogP) is 4.34. The van der Waals surface area contributed by atoms with Gasteiger partial charge in [0.2, 0.25) is 0 Å². The van der Waals surface area contributed by atoms with Crippen LogP contribution in [0.3, 0.4) is 0 Å². The molecular formula is C23H19N3O3. The molecule has 0 unspecified atom stereocenters. The summed E-state index contributed by atoms with van der Waals surface area (Å²) in [5, 5.41) is 13.1. The van der Waals surface area contributed by atoms with Gasteiger partial charge in [0.15, 0.2) is 0 Å². The van der Waals surface area contributed by atoms with Crippen molar-refractivity contribution in [1.29, 1.82) is 0 Å². The third-order valence-electron chi connectivity index (χ3n) is 4.83. The van der Waals surface area contributed by atoms with Crippen LogP contribution in [-0.4, -0.2) is 26.5 Å². The van der Waals surface area contributed by atoms with E-state index in [2.05, 4.69) is 10.3 Å². The molecule has 29 heavy (non-hydrogen) atoms. The number of carboxylic acids is 1. The van der Waals surface area contributed by atoms with Gasteiger partial charge in [0.1, 0.15) is 0 Å². The number of carbonyl (C=O) groups is 2. The summed E-state index contributed by atoms with van der Waals surface area (Å²) in [4.78, 5) is 29.0. The van der Waals surface area contributed by atoms with Gasteiger partial charge in [0.25, 0.3) is 5.91 Å². The molecule has 0 aliphatic rings. The smallest absolute Gasteiger partial charge is 0.338 e. The fourth-order valence-corrected chi connectivity index (χ4v) is 3.47. The first kappa shape index (κ1) is 18.4. The molecule has 4 rings (SSSR count). The fourth-order valence-electron chi connectivity index (χ4n) is 3.47. The Bertz CT molecular complexity index is 1210. The predicted molar refractivity (Wildman–Crippen MR) is 111 cm³/mol. The molecule has 1 amide bonds. The highest BCUT2D eigenvalue weighted by molar-refractivity contribution is 6.14. The Morgan fingerprint density at radius 2 is 1.83 bits per heavy atom. The Labute approximate surface area is 167 Å². The molecule has 6 heteroatoms. The Kier molecular flexibility index (Phi) is 4.83. The van der Waals surface area contributed by atoms with Gasteiger partial charge in [0.05, 0.1) is 29.1 Å². The lowest BCUT2D eigenvalue weighted by atomic mass is 10.1. The number of aryl methyl sites for hydroxylation is 1. The minimum atomic E-state index is -1.07. The van der Waals surface area contributed by atoms with Gasteiger partial charge in [-0.25, -0.2) is 4.79 Å². The second-order valence-electron chi connectivity index (χ2n) is 6.77. The second kappa shape index (κ2) is 7.59. The number of benzene rings is 2. The van der Waals surface area contributed by atoms with Crippen molar-refractivity contribution in [3.05, 3.63) is 95.4 Å². The zero-order valence-electron chi connectivity index (χ0n) is 15.8. The third kappa shape index (κ3) is 3.60. The van der Waals surface area contributed by atoms with Crippen molar-refractivity contribution < 1.29 is 14.7 Å². The van der Waals surface area contributed by atoms with Gasteiger partial charge in [-0.3, -0.25) is 9.78 Å². The minimum Gasteiger partial charge on any atom is -0.478 e. The zero-order chi connectivity index (χ0) is 20.4. The lowest BCUT2D eigenvalue weighted by molar-refractivity contribution is 0.0697. The van der Waals surface area contributed by atoms with Gasteiger partial charge in [-0.1, -0.05) is 36.4 Å². The number of nitrogens with one attached hydrogen (secondary N) is 1. The summed E-state index contributed by atoms with van der Waals surface area (Å²) in [6.45, 7) is 2.23. The number of fused-ring (bicyclic) bond motifs is 1. The maximum absolute atomic E-state index is 13.0. The van der Waals surface area contributed by atoms with E-state index in [1.807, 2.05) is 47.0 Å². The van der Waals surface area contributed by atoms with E-state index in [-0.39, 0.29) is 17.2 Å². The summed E-state index contributed by atoms with van der Waals surface area (Å²) in [5.41, 5.74) is 3.24. The van der Waals surface area contributed by atoms with Gasteiger partial charge in [-0.05, 0) is 36.8 Å². The van der Waals surface area contributed by atoms with E-state index < -0.39 is 5.97 Å². The quantitative estimate of drug-likeness (QED) is 0.535. The van der Waals surface area contributed by atoms with Crippen LogP contribution in [0.5, 0.6) is 0 Å². The molecule has 4 aromatic rings. The van der Waals surface area contributed by atoms with E-state index in [0.29, 0.717) is 17.7 Å². The van der Waals surface area contributed by atoms with E-state index in [0.717, 1.165) is 16.6 Å². The normalized spacial score (nSPS) is 10.8. The first-order chi connectivity index (χ1) is 14.0. The van der Waals surface area contributed by atoms with Crippen LogP contribution in [0.4, 0.5) is 5.69 Å². The second-order valence-corrected chi connectivity index (χ2v) is 6.77. The number of hydrogen-bond acceptors (Lipinski definition) is 3. The first-order valence-corrected chi connectivity index (χ1v) is 9.16. The van der Waals surface area contributed by atoms with Crippen LogP contribution >= 0.6 is 0 Å². The number of carboxylic acid groups (broad SMARTS) is 1. The van der Waals surface area contributed by atoms with Crippen LogP contribution in [0, 0.1) is 6.92 Å². The Morgan fingerprint density at radius 1 is 1.03 bits per heavy atom. The standard InChI is InChI=1S/C23H19N3O3/c1-15-7-6-10-19(21(15)23(28)29)25-22(27)18-14-26(13-16-8-4-5-12-24-16)20-11-3-2-9-17(18)20/h2-12,14H,13H2,1H3,(H,25,27)(H,28,29). The largest absolute Gasteiger partial charge is 0.478 e. The number of anilines is 1. The Hall–Kier alpha value is -3.93. The molecule has 0 bridgehead atoms. The number of rotatable bonds is 5. The lowest BCUT2D eigenvalue weighted by Gasteiger charge is -2.10. The molecule has 0 fully saturated rings. The van der Waals surface area contributed by atoms with E-state index in [4.69, 9.17) is 0 Å². The molecule has 2 heterocycles. The van der Waals surface area contributed by atoms with Crippen LogP contribution in [-0.2, 0) is 6.54 Å². The van der Waals surface area contributed by atoms with Crippen LogP contribution in [0.1, 0.15) is 32.0 Å². The molecular weight excluding hydrogens is 366 g/mol. The monoisotopic (exact) mass is 385 g/mol. The molecule has 0 saturated carbocycles. The first-order valence-electron chi connectivity index (χ1n) is 9.16. The maximum Gasteiger partial charge on any atom is 0.338 e. The summed E-state index contributed by atoms with van der Waals surface area (Å²) in [7, 11) is 0. The molecule has 0 radical (unpaired) electrons. The Balaban J connectivity index is 1.72. The van der Waals surface area contributed by atoms with Crippen molar-refractivity contribution in [3.8, 4) is 0 Å². The highest BCUT2D eigenvalue weighted by atomic mass is 16.4. The van der Waals surface area contributed by atoms with Crippen LogP contribution in [0.25, 0.3) is 10.9 Å². The molecule has 0 aliphatic heterocycles. The molecule has 0 spiro atoms. The number of aromatic carboxylic acids is 1. The summed E-state index contributed by atoms with van der Waals surface area (Å²) in [5.74, 6) is -1.43. The average Bonchev–Trinajstić information content (AvgIpc) is 3.07. The summed E-state index contributed by atoms with van der Waals surface area (Å²) < 4.78 is 1.97. The van der Waals surface area contributed by atoms with Crippen LogP contribution < -0.4 is 5.32 Å². The van der Waals surface area contributed by atoms with Crippen molar-refractivity contribution >= 4 is 28.5 Å². The number of nitrogens with zero attached hydrogens (tertiary/aromatic N) is 2. The van der Waals surface area contributed by atoms with Crippen molar-refractivity contribution in [1.82, 2.24) is 9.55 Å². The van der Waals surface area contributed by atoms with E-state index in [9.17, 15) is 14.7 Å². The number of aromatic nitrogens is 2. The van der Waals surface area contributed by atoms with Crippen molar-refractivity contribution in [2.24, 2.45) is 0 Å². The molecule has 2 aromatic heterocycles. The number of amides is 1. The number of carbonyl (C=O) groups excluding carboxylic acids is 1. The molecule has 6 nitrogen and oxygen atoms in total. The highest BCUT2D eigenvalue weighted by Crippen LogP contribution is 2.25. The number of para-hydroxylation sites is 1. The van der Waals surface area contributed by atoms with E-state index in [1.54, 1.807) is 37.5 Å². The molecule has 2 N–H and O–H groups in total. The van der Waals surface area contributed by atoms with Crippen molar-refractivity contribution in [2.45, 2.75) is 13.5 Å². The van der Waals surface area contributed by atoms with Gasteiger partial charge in [0, 0.05) is 23.3 Å². The average molecular weight is 385 g/mol. The van der Waals surface area contributed by atoms with E-state index >= 15 is 0 Å². The molecule has 0 saturated heterocycles. The van der Waals surface area contributed by atoms with E-state index in [1.165, 1.54) is 0 Å². The summed E-state index contributed by atoms with van der Waals surface area (Å²) in [6, 6.07) is 18.4. The van der Waals surface area contributed by atoms with Crippen LogP contribution in [0.2, 0.25) is 0 Å². The molecule has 0 aliphatic carbocycles. The third-order valence-corrected chi connectivity index (χ3v) is 4.83. The maximum atomic E-state index is 13.0. The van der Waals surface area contributed by atoms with Gasteiger partial charge < -0.3 is 15.0 Å².